The van der Waals surface area contributed by atoms with E-state index in [-0.39, 0.29) is 35.3 Å². The van der Waals surface area contributed by atoms with E-state index in [1.807, 2.05) is 4.57 Å². The minimum atomic E-state index is -1.26. The van der Waals surface area contributed by atoms with Gasteiger partial charge in [0, 0.05) is 42.7 Å². The van der Waals surface area contributed by atoms with Crippen LogP contribution in [0.25, 0.3) is 10.9 Å². The number of hydrazine groups is 1. The van der Waals surface area contributed by atoms with Gasteiger partial charge >= 0.3 is 5.97 Å². The van der Waals surface area contributed by atoms with Crippen LogP contribution in [0.4, 0.5) is 4.39 Å². The van der Waals surface area contributed by atoms with Gasteiger partial charge in [0.2, 0.25) is 5.43 Å². The van der Waals surface area contributed by atoms with Gasteiger partial charge in [-0.25, -0.2) is 14.2 Å². The highest BCUT2D eigenvalue weighted by molar-refractivity contribution is 5.93. The average molecular weight is 408 g/mol. The Labute approximate surface area is 167 Å². The van der Waals surface area contributed by atoms with E-state index >= 15 is 0 Å². The predicted molar refractivity (Wildman–Crippen MR) is 106 cm³/mol. The Morgan fingerprint density at radius 1 is 1.21 bits per heavy atom. The predicted octanol–water partition coefficient (Wildman–Crippen LogP) is 3.05. The number of aromatic carboxylic acids is 1. The molecule has 1 aromatic carbocycles. The molecule has 3 heterocycles. The second-order valence-electron chi connectivity index (χ2n) is 8.00. The summed E-state index contributed by atoms with van der Waals surface area (Å²) in [6, 6.07) is 3.67. The molecule has 3 fully saturated rings. The van der Waals surface area contributed by atoms with E-state index in [1.54, 1.807) is 6.07 Å². The highest BCUT2D eigenvalue weighted by atomic mass is 35.5. The Hall–Kier alpha value is -1.96. The van der Waals surface area contributed by atoms with Crippen molar-refractivity contribution in [1.29, 1.82) is 0 Å². The molecule has 2 aromatic rings. The maximum absolute atomic E-state index is 15.0. The number of carboxylic acids is 1. The lowest BCUT2D eigenvalue weighted by atomic mass is 9.93. The molecule has 28 heavy (non-hydrogen) atoms. The molecular weight excluding hydrogens is 385 g/mol. The number of benzene rings is 1. The highest BCUT2D eigenvalue weighted by Crippen LogP contribution is 2.40. The van der Waals surface area contributed by atoms with Gasteiger partial charge in [-0.2, -0.15) is 0 Å². The van der Waals surface area contributed by atoms with Crippen LogP contribution in [-0.2, 0) is 0 Å². The summed E-state index contributed by atoms with van der Waals surface area (Å²) in [6.45, 7) is 1.72. The van der Waals surface area contributed by atoms with Crippen molar-refractivity contribution in [1.82, 2.24) is 15.0 Å². The fourth-order valence-electron chi connectivity index (χ4n) is 4.68. The van der Waals surface area contributed by atoms with Crippen LogP contribution in [0.15, 0.2) is 23.1 Å². The number of nitrogens with one attached hydrogen (secondary N) is 1. The lowest BCUT2D eigenvalue weighted by Crippen LogP contribution is -2.46. The first kappa shape index (κ1) is 19.4. The Morgan fingerprint density at radius 2 is 2.00 bits per heavy atom. The largest absolute Gasteiger partial charge is 0.477 e. The number of halogens is 2. The van der Waals surface area contributed by atoms with Gasteiger partial charge in [0.25, 0.3) is 0 Å². The molecule has 2 saturated heterocycles. The fourth-order valence-corrected chi connectivity index (χ4v) is 4.68. The topological polar surface area (TPSA) is 74.6 Å². The van der Waals surface area contributed by atoms with E-state index in [0.29, 0.717) is 17.1 Å². The molecule has 1 aromatic heterocycles. The number of hydrogen-bond donors (Lipinski definition) is 2. The Morgan fingerprint density at radius 3 is 2.68 bits per heavy atom. The zero-order valence-electron chi connectivity index (χ0n) is 15.4. The molecule has 0 bridgehead atoms. The molecule has 150 valence electrons. The van der Waals surface area contributed by atoms with Gasteiger partial charge in [-0.05, 0) is 49.8 Å². The van der Waals surface area contributed by atoms with Crippen LogP contribution in [0.2, 0.25) is 0 Å². The molecule has 2 N–H and O–H groups in total. The standard InChI is InChI=1S/C20H22FN3O3.ClH/c21-17-7-15-18(23(12-3-4-12)10-16(19(15)25)20(26)27)8-14(17)11-6-13-2-1-5-22-24(13)9-11;/h7-8,10-13,22H,1-6,9H2,(H,26,27);1H/t11-,13+;/m1./s1. The number of carbonyl (C=O) groups is 1. The van der Waals surface area contributed by atoms with E-state index in [9.17, 15) is 19.1 Å². The van der Waals surface area contributed by atoms with E-state index in [2.05, 4.69) is 10.4 Å². The Balaban J connectivity index is 0.00000192. The minimum Gasteiger partial charge on any atom is -0.477 e. The summed E-state index contributed by atoms with van der Waals surface area (Å²) in [7, 11) is 0. The third-order valence-corrected chi connectivity index (χ3v) is 6.20. The molecule has 3 aliphatic rings. The van der Waals surface area contributed by atoms with Crippen LogP contribution >= 0.6 is 12.4 Å². The zero-order valence-corrected chi connectivity index (χ0v) is 16.2. The van der Waals surface area contributed by atoms with Crippen molar-refractivity contribution in [2.24, 2.45) is 0 Å². The number of aromatic nitrogens is 1. The molecule has 5 rings (SSSR count). The van der Waals surface area contributed by atoms with Gasteiger partial charge in [-0.1, -0.05) is 0 Å². The van der Waals surface area contributed by atoms with Crippen LogP contribution in [0, 0.1) is 5.82 Å². The van der Waals surface area contributed by atoms with Crippen LogP contribution in [0.5, 0.6) is 0 Å². The SMILES string of the molecule is Cl.O=C(O)c1cn(C2CC2)c2cc([C@@H]3C[C@@H]4CCCNN4C3)c(F)cc2c1=O. The van der Waals surface area contributed by atoms with Gasteiger partial charge in [-0.3, -0.25) is 10.2 Å². The van der Waals surface area contributed by atoms with Gasteiger partial charge in [-0.15, -0.1) is 12.4 Å². The van der Waals surface area contributed by atoms with Crippen LogP contribution in [0.3, 0.4) is 0 Å². The monoisotopic (exact) mass is 407 g/mol. The smallest absolute Gasteiger partial charge is 0.341 e. The van der Waals surface area contributed by atoms with E-state index < -0.39 is 17.2 Å². The summed E-state index contributed by atoms with van der Waals surface area (Å²) in [5.74, 6) is -1.60. The molecule has 2 atom stereocenters. The maximum atomic E-state index is 15.0. The normalized spacial score (nSPS) is 24.8. The zero-order chi connectivity index (χ0) is 18.7. The second-order valence-corrected chi connectivity index (χ2v) is 8.00. The number of carboxylic acid groups (broad SMARTS) is 1. The number of hydrogen-bond acceptors (Lipinski definition) is 4. The molecule has 1 aliphatic carbocycles. The maximum Gasteiger partial charge on any atom is 0.341 e. The summed E-state index contributed by atoms with van der Waals surface area (Å²) in [5, 5.41) is 11.7. The quantitative estimate of drug-likeness (QED) is 0.818. The van der Waals surface area contributed by atoms with Crippen LogP contribution in [0.1, 0.15) is 60.0 Å². The van der Waals surface area contributed by atoms with Crippen molar-refractivity contribution in [3.63, 3.8) is 0 Å². The summed E-state index contributed by atoms with van der Waals surface area (Å²) >= 11 is 0. The second kappa shape index (κ2) is 7.13. The fraction of sp³-hybridized carbons (Fsp3) is 0.500. The molecular formula is C20H23ClFN3O3. The molecule has 1 saturated carbocycles. The van der Waals surface area contributed by atoms with Crippen molar-refractivity contribution >= 4 is 29.3 Å². The third kappa shape index (κ3) is 3.11. The van der Waals surface area contributed by atoms with E-state index in [4.69, 9.17) is 0 Å². The van der Waals surface area contributed by atoms with Gasteiger partial charge in [0.05, 0.1) is 5.52 Å². The minimum absolute atomic E-state index is 0. The van der Waals surface area contributed by atoms with E-state index in [1.165, 1.54) is 12.3 Å². The van der Waals surface area contributed by atoms with Crippen molar-refractivity contribution in [3.8, 4) is 0 Å². The number of fused-ring (bicyclic) bond motifs is 2. The van der Waals surface area contributed by atoms with Crippen LogP contribution < -0.4 is 10.9 Å². The third-order valence-electron chi connectivity index (χ3n) is 6.20. The van der Waals surface area contributed by atoms with Gasteiger partial charge < -0.3 is 9.67 Å². The van der Waals surface area contributed by atoms with Gasteiger partial charge in [0.1, 0.15) is 11.4 Å². The number of rotatable bonds is 3. The lowest BCUT2D eigenvalue weighted by molar-refractivity contribution is 0.0695. The van der Waals surface area contributed by atoms with Crippen molar-refractivity contribution in [2.45, 2.75) is 50.1 Å². The molecule has 0 radical (unpaired) electrons. The molecule has 0 spiro atoms. The highest BCUT2D eigenvalue weighted by Gasteiger charge is 2.36. The first-order valence-corrected chi connectivity index (χ1v) is 9.64. The summed E-state index contributed by atoms with van der Waals surface area (Å²) in [6.07, 6.45) is 6.49. The van der Waals surface area contributed by atoms with Crippen molar-refractivity contribution in [2.75, 3.05) is 13.1 Å². The first-order valence-electron chi connectivity index (χ1n) is 9.64. The van der Waals surface area contributed by atoms with Crippen molar-refractivity contribution in [3.05, 3.63) is 45.5 Å². The summed E-state index contributed by atoms with van der Waals surface area (Å²) in [5.41, 5.74) is 3.79. The molecule has 0 unspecified atom stereocenters. The molecule has 6 nitrogen and oxygen atoms in total. The lowest BCUT2D eigenvalue weighted by Gasteiger charge is -2.29. The Kier molecular flexibility index (Phi) is 4.93. The van der Waals surface area contributed by atoms with Crippen molar-refractivity contribution < 1.29 is 14.3 Å². The first-order chi connectivity index (χ1) is 13.0. The number of pyridine rings is 1. The summed E-state index contributed by atoms with van der Waals surface area (Å²) in [4.78, 5) is 24.0. The van der Waals surface area contributed by atoms with Crippen LogP contribution in [-0.4, -0.2) is 39.8 Å². The summed E-state index contributed by atoms with van der Waals surface area (Å²) < 4.78 is 16.8. The number of nitrogens with zero attached hydrogens (tertiary/aromatic N) is 2. The average Bonchev–Trinajstić information content (AvgIpc) is 3.39. The Bertz CT molecular complexity index is 990. The molecule has 8 heteroatoms. The molecule has 0 amide bonds. The molecule has 2 aliphatic heterocycles. The van der Waals surface area contributed by atoms with Gasteiger partial charge in [0.15, 0.2) is 0 Å². The van der Waals surface area contributed by atoms with E-state index in [0.717, 1.165) is 45.2 Å².